The minimum atomic E-state index is -0.0275. The van der Waals surface area contributed by atoms with Crippen molar-refractivity contribution < 1.29 is 4.79 Å². The zero-order chi connectivity index (χ0) is 14.7. The number of anilines is 1. The number of carbonyl (C=O) groups excluding carboxylic acids is 1. The SMILES string of the molecule is Cc1ccc(NC(=O)CN2CC(CN)CC2C)c(Cl)c1.Cl. The summed E-state index contributed by atoms with van der Waals surface area (Å²) in [5.41, 5.74) is 7.45. The average molecular weight is 332 g/mol. The van der Waals surface area contributed by atoms with Crippen LogP contribution >= 0.6 is 24.0 Å². The van der Waals surface area contributed by atoms with Crippen molar-refractivity contribution in [3.63, 3.8) is 0 Å². The molecule has 0 aliphatic carbocycles. The zero-order valence-electron chi connectivity index (χ0n) is 12.4. The largest absolute Gasteiger partial charge is 0.330 e. The van der Waals surface area contributed by atoms with Gasteiger partial charge in [-0.15, -0.1) is 12.4 Å². The molecule has 1 aliphatic heterocycles. The van der Waals surface area contributed by atoms with E-state index in [1.54, 1.807) is 0 Å². The molecule has 0 radical (unpaired) electrons. The molecule has 0 spiro atoms. The Balaban J connectivity index is 0.00000220. The molecule has 1 aromatic carbocycles. The molecular formula is C15H23Cl2N3O. The van der Waals surface area contributed by atoms with E-state index in [-0.39, 0.29) is 18.3 Å². The van der Waals surface area contributed by atoms with Gasteiger partial charge < -0.3 is 11.1 Å². The van der Waals surface area contributed by atoms with Crippen LogP contribution in [0, 0.1) is 12.8 Å². The van der Waals surface area contributed by atoms with Crippen LogP contribution in [0.1, 0.15) is 18.9 Å². The lowest BCUT2D eigenvalue weighted by molar-refractivity contribution is -0.117. The van der Waals surface area contributed by atoms with Gasteiger partial charge in [-0.25, -0.2) is 0 Å². The topological polar surface area (TPSA) is 58.4 Å². The summed E-state index contributed by atoms with van der Waals surface area (Å²) >= 11 is 6.12. The Hall–Kier alpha value is -0.810. The maximum Gasteiger partial charge on any atom is 0.238 e. The molecule has 2 unspecified atom stereocenters. The van der Waals surface area contributed by atoms with Crippen molar-refractivity contribution in [2.24, 2.45) is 11.7 Å². The summed E-state index contributed by atoms with van der Waals surface area (Å²) in [5, 5.41) is 3.45. The second kappa shape index (κ2) is 7.99. The van der Waals surface area contributed by atoms with Gasteiger partial charge in [0.1, 0.15) is 0 Å². The number of carbonyl (C=O) groups is 1. The van der Waals surface area contributed by atoms with Gasteiger partial charge in [0.05, 0.1) is 17.3 Å². The molecule has 1 saturated heterocycles. The van der Waals surface area contributed by atoms with Crippen LogP contribution in [0.15, 0.2) is 18.2 Å². The van der Waals surface area contributed by atoms with Crippen LogP contribution in [0.5, 0.6) is 0 Å². The molecule has 118 valence electrons. The smallest absolute Gasteiger partial charge is 0.238 e. The van der Waals surface area contributed by atoms with Gasteiger partial charge in [0.25, 0.3) is 0 Å². The molecule has 2 atom stereocenters. The highest BCUT2D eigenvalue weighted by atomic mass is 35.5. The molecule has 2 rings (SSSR count). The first-order valence-corrected chi connectivity index (χ1v) is 7.37. The van der Waals surface area contributed by atoms with Gasteiger partial charge in [-0.3, -0.25) is 9.69 Å². The van der Waals surface area contributed by atoms with E-state index < -0.39 is 0 Å². The van der Waals surface area contributed by atoms with Gasteiger partial charge in [-0.05, 0) is 50.4 Å². The number of nitrogens with zero attached hydrogens (tertiary/aromatic N) is 1. The first-order valence-electron chi connectivity index (χ1n) is 6.99. The van der Waals surface area contributed by atoms with E-state index in [1.807, 2.05) is 25.1 Å². The summed E-state index contributed by atoms with van der Waals surface area (Å²) in [6.45, 7) is 6.08. The minimum absolute atomic E-state index is 0. The Morgan fingerprint density at radius 1 is 1.52 bits per heavy atom. The van der Waals surface area contributed by atoms with Crippen LogP contribution < -0.4 is 11.1 Å². The van der Waals surface area contributed by atoms with Crippen molar-refractivity contribution in [3.05, 3.63) is 28.8 Å². The van der Waals surface area contributed by atoms with Crippen LogP contribution in [-0.2, 0) is 4.79 Å². The quantitative estimate of drug-likeness (QED) is 0.891. The summed E-state index contributed by atoms with van der Waals surface area (Å²) in [4.78, 5) is 14.3. The van der Waals surface area contributed by atoms with E-state index in [0.29, 0.717) is 35.8 Å². The summed E-state index contributed by atoms with van der Waals surface area (Å²) in [6.07, 6.45) is 1.06. The molecule has 1 fully saturated rings. The number of aryl methyl sites for hydroxylation is 1. The van der Waals surface area contributed by atoms with Crippen LogP contribution in [0.25, 0.3) is 0 Å². The van der Waals surface area contributed by atoms with E-state index >= 15 is 0 Å². The molecule has 3 N–H and O–H groups in total. The molecule has 1 heterocycles. The third-order valence-corrected chi connectivity index (χ3v) is 4.18. The van der Waals surface area contributed by atoms with E-state index in [0.717, 1.165) is 18.5 Å². The lowest BCUT2D eigenvalue weighted by Gasteiger charge is -2.20. The second-order valence-corrected chi connectivity index (χ2v) is 6.05. The number of likely N-dealkylation sites (tertiary alicyclic amines) is 1. The Morgan fingerprint density at radius 2 is 2.24 bits per heavy atom. The number of hydrogen-bond donors (Lipinski definition) is 2. The molecular weight excluding hydrogens is 309 g/mol. The molecule has 0 bridgehead atoms. The highest BCUT2D eigenvalue weighted by Crippen LogP contribution is 2.24. The maximum atomic E-state index is 12.1. The Kier molecular flexibility index (Phi) is 6.94. The fourth-order valence-corrected chi connectivity index (χ4v) is 2.99. The van der Waals surface area contributed by atoms with Gasteiger partial charge >= 0.3 is 0 Å². The minimum Gasteiger partial charge on any atom is -0.330 e. The summed E-state index contributed by atoms with van der Waals surface area (Å²) < 4.78 is 0. The molecule has 4 nitrogen and oxygen atoms in total. The van der Waals surface area contributed by atoms with Crippen molar-refractivity contribution in [2.45, 2.75) is 26.3 Å². The van der Waals surface area contributed by atoms with Crippen molar-refractivity contribution in [3.8, 4) is 0 Å². The Labute approximate surface area is 137 Å². The standard InChI is InChI=1S/C15H22ClN3O.ClH/c1-10-3-4-14(13(16)5-10)18-15(20)9-19-8-12(7-17)6-11(19)2;/h3-5,11-12H,6-9,17H2,1-2H3,(H,18,20);1H. The van der Waals surface area contributed by atoms with E-state index in [2.05, 4.69) is 17.1 Å². The van der Waals surface area contributed by atoms with E-state index in [1.165, 1.54) is 0 Å². The summed E-state index contributed by atoms with van der Waals surface area (Å²) in [7, 11) is 0. The van der Waals surface area contributed by atoms with E-state index in [9.17, 15) is 4.79 Å². The molecule has 1 aromatic rings. The van der Waals surface area contributed by atoms with Gasteiger partial charge in [0.15, 0.2) is 0 Å². The number of rotatable bonds is 4. The van der Waals surface area contributed by atoms with Crippen LogP contribution in [-0.4, -0.2) is 36.5 Å². The van der Waals surface area contributed by atoms with Crippen molar-refractivity contribution in [1.82, 2.24) is 4.90 Å². The average Bonchev–Trinajstić information content (AvgIpc) is 2.74. The zero-order valence-corrected chi connectivity index (χ0v) is 14.0. The third-order valence-electron chi connectivity index (χ3n) is 3.87. The number of halogens is 2. The molecule has 21 heavy (non-hydrogen) atoms. The maximum absolute atomic E-state index is 12.1. The molecule has 1 aliphatic rings. The van der Waals surface area contributed by atoms with Crippen LogP contribution in [0.2, 0.25) is 5.02 Å². The molecule has 1 amide bonds. The van der Waals surface area contributed by atoms with Crippen molar-refractivity contribution >= 4 is 35.6 Å². The molecule has 0 saturated carbocycles. The Morgan fingerprint density at radius 3 is 2.81 bits per heavy atom. The predicted molar refractivity (Wildman–Crippen MR) is 90.3 cm³/mol. The third kappa shape index (κ3) is 4.85. The lowest BCUT2D eigenvalue weighted by atomic mass is 10.1. The summed E-state index contributed by atoms with van der Waals surface area (Å²) in [6, 6.07) is 6.03. The number of nitrogens with one attached hydrogen (secondary N) is 1. The first-order chi connectivity index (χ1) is 9.49. The van der Waals surface area contributed by atoms with Gasteiger partial charge in [0, 0.05) is 12.6 Å². The van der Waals surface area contributed by atoms with Gasteiger partial charge in [0.2, 0.25) is 5.91 Å². The fourth-order valence-electron chi connectivity index (χ4n) is 2.70. The van der Waals surface area contributed by atoms with Gasteiger partial charge in [-0.1, -0.05) is 17.7 Å². The van der Waals surface area contributed by atoms with Crippen molar-refractivity contribution in [1.29, 1.82) is 0 Å². The monoisotopic (exact) mass is 331 g/mol. The Bertz CT molecular complexity index is 496. The highest BCUT2D eigenvalue weighted by Gasteiger charge is 2.29. The number of nitrogens with two attached hydrogens (primary N) is 1. The van der Waals surface area contributed by atoms with E-state index in [4.69, 9.17) is 17.3 Å². The normalized spacial score (nSPS) is 21.9. The van der Waals surface area contributed by atoms with Crippen LogP contribution in [0.3, 0.4) is 0 Å². The molecule has 6 heteroatoms. The number of amides is 1. The predicted octanol–water partition coefficient (Wildman–Crippen LogP) is 2.68. The lowest BCUT2D eigenvalue weighted by Crippen LogP contribution is -2.36. The summed E-state index contributed by atoms with van der Waals surface area (Å²) in [5.74, 6) is 0.473. The highest BCUT2D eigenvalue weighted by molar-refractivity contribution is 6.33. The second-order valence-electron chi connectivity index (χ2n) is 5.65. The van der Waals surface area contributed by atoms with Crippen molar-refractivity contribution in [2.75, 3.05) is 25.0 Å². The number of hydrogen-bond acceptors (Lipinski definition) is 3. The fraction of sp³-hybridized carbons (Fsp3) is 0.533. The van der Waals surface area contributed by atoms with Gasteiger partial charge in [-0.2, -0.15) is 0 Å². The first kappa shape index (κ1) is 18.2. The van der Waals surface area contributed by atoms with Crippen LogP contribution in [0.4, 0.5) is 5.69 Å². The molecule has 0 aromatic heterocycles. The number of benzene rings is 1.